The molecule has 1 aliphatic heterocycles. The molecule has 1 saturated heterocycles. The molecule has 5 nitrogen and oxygen atoms in total. The molecule has 5 heteroatoms. The Bertz CT molecular complexity index is 262. The molecule has 0 bridgehead atoms. The summed E-state index contributed by atoms with van der Waals surface area (Å²) in [5, 5.41) is 0. The first-order valence-corrected chi connectivity index (χ1v) is 5.73. The number of nitrogens with zero attached hydrogens (tertiary/aromatic N) is 1. The van der Waals surface area contributed by atoms with Crippen LogP contribution in [0.5, 0.6) is 0 Å². The van der Waals surface area contributed by atoms with Crippen molar-refractivity contribution >= 4 is 6.09 Å². The monoisotopic (exact) mass is 229 g/mol. The van der Waals surface area contributed by atoms with Crippen molar-refractivity contribution in [1.82, 2.24) is 4.90 Å². The molecule has 4 N–H and O–H groups in total. The van der Waals surface area contributed by atoms with Crippen molar-refractivity contribution in [3.05, 3.63) is 0 Å². The minimum atomic E-state index is -0.472. The van der Waals surface area contributed by atoms with Crippen molar-refractivity contribution in [2.75, 3.05) is 6.54 Å². The van der Waals surface area contributed by atoms with Gasteiger partial charge in [0, 0.05) is 24.7 Å². The lowest BCUT2D eigenvalue weighted by atomic mass is 9.94. The summed E-state index contributed by atoms with van der Waals surface area (Å²) >= 11 is 0. The zero-order chi connectivity index (χ0) is 12.5. The maximum Gasteiger partial charge on any atom is 0.410 e. The van der Waals surface area contributed by atoms with E-state index in [0.717, 1.165) is 6.42 Å². The van der Waals surface area contributed by atoms with Crippen LogP contribution < -0.4 is 11.5 Å². The minimum absolute atomic E-state index is 0.0336. The molecular formula is C11H23N3O2. The van der Waals surface area contributed by atoms with Crippen LogP contribution in [-0.2, 0) is 4.74 Å². The number of amides is 1. The Kier molecular flexibility index (Phi) is 3.80. The van der Waals surface area contributed by atoms with Gasteiger partial charge in [0.05, 0.1) is 0 Å². The van der Waals surface area contributed by atoms with E-state index in [-0.39, 0.29) is 24.2 Å². The van der Waals surface area contributed by atoms with Crippen LogP contribution in [0, 0.1) is 0 Å². The molecular weight excluding hydrogens is 206 g/mol. The van der Waals surface area contributed by atoms with Gasteiger partial charge in [0.1, 0.15) is 5.60 Å². The average molecular weight is 229 g/mol. The van der Waals surface area contributed by atoms with E-state index in [1.54, 1.807) is 4.90 Å². The van der Waals surface area contributed by atoms with Crippen LogP contribution in [0.4, 0.5) is 4.79 Å². The molecule has 0 aromatic carbocycles. The first kappa shape index (κ1) is 13.3. The quantitative estimate of drug-likeness (QED) is 0.639. The number of hydrogen-bond donors (Lipinski definition) is 2. The molecule has 1 heterocycles. The van der Waals surface area contributed by atoms with E-state index in [4.69, 9.17) is 16.2 Å². The summed E-state index contributed by atoms with van der Waals surface area (Å²) < 4.78 is 5.32. The number of rotatable bonds is 0. The molecule has 0 aromatic rings. The topological polar surface area (TPSA) is 81.6 Å². The van der Waals surface area contributed by atoms with E-state index in [1.165, 1.54) is 0 Å². The zero-order valence-electron chi connectivity index (χ0n) is 10.6. The van der Waals surface area contributed by atoms with E-state index in [9.17, 15) is 4.79 Å². The molecule has 0 unspecified atom stereocenters. The van der Waals surface area contributed by atoms with Crippen LogP contribution in [0.2, 0.25) is 0 Å². The molecule has 0 saturated carbocycles. The van der Waals surface area contributed by atoms with Crippen molar-refractivity contribution in [3.63, 3.8) is 0 Å². The maximum atomic E-state index is 11.9. The van der Waals surface area contributed by atoms with Gasteiger partial charge in [-0.1, -0.05) is 0 Å². The highest BCUT2D eigenvalue weighted by molar-refractivity contribution is 5.68. The largest absolute Gasteiger partial charge is 0.444 e. The molecule has 1 rings (SSSR count). The van der Waals surface area contributed by atoms with Crippen LogP contribution in [0.15, 0.2) is 0 Å². The molecule has 3 atom stereocenters. The number of carbonyl (C=O) groups excluding carboxylic acids is 1. The van der Waals surface area contributed by atoms with E-state index in [0.29, 0.717) is 6.54 Å². The van der Waals surface area contributed by atoms with E-state index >= 15 is 0 Å². The predicted octanol–water partition coefficient (Wildman–Crippen LogP) is 0.670. The second kappa shape index (κ2) is 4.59. The van der Waals surface area contributed by atoms with Crippen LogP contribution in [0.3, 0.4) is 0 Å². The fourth-order valence-corrected chi connectivity index (χ4v) is 1.83. The molecule has 0 aliphatic carbocycles. The Labute approximate surface area is 97.1 Å². The van der Waals surface area contributed by atoms with Gasteiger partial charge < -0.3 is 21.1 Å². The van der Waals surface area contributed by atoms with Crippen molar-refractivity contribution < 1.29 is 9.53 Å². The summed E-state index contributed by atoms with van der Waals surface area (Å²) in [6, 6.07) is -0.284. The first-order valence-electron chi connectivity index (χ1n) is 5.73. The first-order chi connectivity index (χ1) is 7.22. The van der Waals surface area contributed by atoms with Gasteiger partial charge in [0.2, 0.25) is 0 Å². The van der Waals surface area contributed by atoms with Gasteiger partial charge in [-0.2, -0.15) is 0 Å². The van der Waals surface area contributed by atoms with Crippen molar-refractivity contribution in [2.24, 2.45) is 11.5 Å². The standard InChI is InChI=1S/C11H23N3O2/c1-7-9(13)8(12)5-6-14(7)10(15)16-11(2,3)4/h7-9H,5-6,12-13H2,1-4H3/t7-,8+,9-/m0/s1. The minimum Gasteiger partial charge on any atom is -0.444 e. The molecule has 16 heavy (non-hydrogen) atoms. The van der Waals surface area contributed by atoms with Crippen molar-refractivity contribution in [3.8, 4) is 0 Å². The summed E-state index contributed by atoms with van der Waals surface area (Å²) in [7, 11) is 0. The predicted molar refractivity (Wildman–Crippen MR) is 63.0 cm³/mol. The van der Waals surface area contributed by atoms with E-state index in [1.807, 2.05) is 27.7 Å². The molecule has 0 spiro atoms. The fourth-order valence-electron chi connectivity index (χ4n) is 1.83. The average Bonchev–Trinajstić information content (AvgIpc) is 2.11. The fraction of sp³-hybridized carbons (Fsp3) is 0.909. The third-order valence-electron chi connectivity index (χ3n) is 2.87. The normalized spacial score (nSPS) is 31.4. The maximum absolute atomic E-state index is 11.9. The highest BCUT2D eigenvalue weighted by Gasteiger charge is 2.35. The van der Waals surface area contributed by atoms with Crippen LogP contribution in [0.25, 0.3) is 0 Å². The van der Waals surface area contributed by atoms with Crippen LogP contribution in [-0.4, -0.2) is 41.3 Å². The third kappa shape index (κ3) is 3.09. The van der Waals surface area contributed by atoms with Crippen molar-refractivity contribution in [2.45, 2.75) is 57.8 Å². The lowest BCUT2D eigenvalue weighted by Crippen LogP contribution is -2.61. The smallest absolute Gasteiger partial charge is 0.410 e. The van der Waals surface area contributed by atoms with Gasteiger partial charge in [0.15, 0.2) is 0 Å². The summed E-state index contributed by atoms with van der Waals surface area (Å²) in [5.41, 5.74) is 11.3. The van der Waals surface area contributed by atoms with E-state index < -0.39 is 5.60 Å². The summed E-state index contributed by atoms with van der Waals surface area (Å²) in [6.45, 7) is 8.08. The Morgan fingerprint density at radius 1 is 1.38 bits per heavy atom. The van der Waals surface area contributed by atoms with Crippen LogP contribution in [0.1, 0.15) is 34.1 Å². The Morgan fingerprint density at radius 2 is 1.94 bits per heavy atom. The molecule has 0 radical (unpaired) electrons. The van der Waals surface area contributed by atoms with Gasteiger partial charge in [-0.3, -0.25) is 0 Å². The second-order valence-electron chi connectivity index (χ2n) is 5.44. The molecule has 1 aliphatic rings. The highest BCUT2D eigenvalue weighted by Crippen LogP contribution is 2.18. The lowest BCUT2D eigenvalue weighted by Gasteiger charge is -2.41. The zero-order valence-corrected chi connectivity index (χ0v) is 10.6. The van der Waals surface area contributed by atoms with Crippen molar-refractivity contribution in [1.29, 1.82) is 0 Å². The molecule has 0 aromatic heterocycles. The third-order valence-corrected chi connectivity index (χ3v) is 2.87. The number of piperidine rings is 1. The number of nitrogens with two attached hydrogens (primary N) is 2. The van der Waals surface area contributed by atoms with Gasteiger partial charge in [0.25, 0.3) is 0 Å². The Morgan fingerprint density at radius 3 is 2.44 bits per heavy atom. The van der Waals surface area contributed by atoms with Gasteiger partial charge in [-0.25, -0.2) is 4.79 Å². The van der Waals surface area contributed by atoms with Crippen LogP contribution >= 0.6 is 0 Å². The highest BCUT2D eigenvalue weighted by atomic mass is 16.6. The van der Waals surface area contributed by atoms with E-state index in [2.05, 4.69) is 0 Å². The molecule has 1 fully saturated rings. The van der Waals surface area contributed by atoms with Gasteiger partial charge in [-0.15, -0.1) is 0 Å². The number of hydrogen-bond acceptors (Lipinski definition) is 4. The Balaban J connectivity index is 2.64. The molecule has 94 valence electrons. The summed E-state index contributed by atoms with van der Waals surface area (Å²) in [5.74, 6) is 0. The lowest BCUT2D eigenvalue weighted by molar-refractivity contribution is 0.00752. The SMILES string of the molecule is C[C@H]1[C@H](N)[C@H](N)CCN1C(=O)OC(C)(C)C. The molecule has 1 amide bonds. The second-order valence-corrected chi connectivity index (χ2v) is 5.44. The number of likely N-dealkylation sites (tertiary alicyclic amines) is 1. The summed E-state index contributed by atoms with van der Waals surface area (Å²) in [6.07, 6.45) is 0.424. The van der Waals surface area contributed by atoms with Gasteiger partial charge in [-0.05, 0) is 34.1 Å². The number of carbonyl (C=O) groups is 1. The number of ether oxygens (including phenoxy) is 1. The summed E-state index contributed by atoms with van der Waals surface area (Å²) in [4.78, 5) is 13.5. The Hall–Kier alpha value is -0.810. The van der Waals surface area contributed by atoms with Gasteiger partial charge >= 0.3 is 6.09 Å².